The fourth-order valence-electron chi connectivity index (χ4n) is 2.18. The maximum Gasteiger partial charge on any atom is 0.0921 e. The Morgan fingerprint density at radius 1 is 1.44 bits per heavy atom. The lowest BCUT2D eigenvalue weighted by Crippen LogP contribution is -2.36. The lowest BCUT2D eigenvalue weighted by Gasteiger charge is -2.33. The number of hydrogen-bond acceptors (Lipinski definition) is 2. The quantitative estimate of drug-likeness (QED) is 0.613. The highest BCUT2D eigenvalue weighted by Gasteiger charge is 2.21. The van der Waals surface area contributed by atoms with Crippen LogP contribution in [0.2, 0.25) is 5.02 Å². The van der Waals surface area contributed by atoms with E-state index in [0.717, 1.165) is 17.0 Å². The van der Waals surface area contributed by atoms with E-state index in [-0.39, 0.29) is 17.9 Å². The summed E-state index contributed by atoms with van der Waals surface area (Å²) < 4.78 is 0. The third-order valence-corrected chi connectivity index (χ3v) is 3.81. The number of nitrogens with one attached hydrogen (secondary N) is 1. The molecule has 0 aromatic heterocycles. The van der Waals surface area contributed by atoms with E-state index in [1.807, 2.05) is 24.3 Å². The number of rotatable bonds is 6. The van der Waals surface area contributed by atoms with Crippen LogP contribution in [0.4, 0.5) is 0 Å². The Bertz CT molecular complexity index is 406. The zero-order chi connectivity index (χ0) is 13.7. The van der Waals surface area contributed by atoms with Crippen LogP contribution < -0.4 is 5.73 Å². The second kappa shape index (κ2) is 6.76. The van der Waals surface area contributed by atoms with Gasteiger partial charge in [-0.2, -0.15) is 0 Å². The molecule has 0 saturated heterocycles. The molecule has 18 heavy (non-hydrogen) atoms. The SMILES string of the molecule is CCC(CC(=N)N)N(C)C(C)c1ccccc1Cl. The zero-order valence-electron chi connectivity index (χ0n) is 11.3. The first-order valence-corrected chi connectivity index (χ1v) is 6.64. The highest BCUT2D eigenvalue weighted by atomic mass is 35.5. The summed E-state index contributed by atoms with van der Waals surface area (Å²) in [6, 6.07) is 8.37. The standard InChI is InChI=1S/C14H22ClN3/c1-4-11(9-14(16)17)18(3)10(2)12-7-5-6-8-13(12)15/h5-8,10-11H,4,9H2,1-3H3,(H3,16,17). The minimum Gasteiger partial charge on any atom is -0.388 e. The Morgan fingerprint density at radius 2 is 2.06 bits per heavy atom. The summed E-state index contributed by atoms with van der Waals surface area (Å²) in [5, 5.41) is 8.22. The zero-order valence-corrected chi connectivity index (χ0v) is 12.0. The van der Waals surface area contributed by atoms with Gasteiger partial charge in [-0.25, -0.2) is 0 Å². The van der Waals surface area contributed by atoms with Crippen LogP contribution in [0.25, 0.3) is 0 Å². The van der Waals surface area contributed by atoms with Gasteiger partial charge in [-0.1, -0.05) is 36.7 Å². The second-order valence-corrected chi connectivity index (χ2v) is 5.06. The van der Waals surface area contributed by atoms with Gasteiger partial charge in [0.2, 0.25) is 0 Å². The van der Waals surface area contributed by atoms with Gasteiger partial charge in [0.1, 0.15) is 0 Å². The van der Waals surface area contributed by atoms with Crippen LogP contribution in [0.15, 0.2) is 24.3 Å². The Balaban J connectivity index is 2.85. The largest absolute Gasteiger partial charge is 0.388 e. The molecule has 100 valence electrons. The van der Waals surface area contributed by atoms with Crippen LogP contribution in [0.1, 0.15) is 38.3 Å². The lowest BCUT2D eigenvalue weighted by atomic mass is 10.0. The number of amidine groups is 1. The Morgan fingerprint density at radius 3 is 2.56 bits per heavy atom. The first kappa shape index (κ1) is 15.0. The first-order valence-electron chi connectivity index (χ1n) is 6.26. The molecule has 1 aromatic rings. The topological polar surface area (TPSA) is 53.1 Å². The molecule has 0 amide bonds. The molecular weight excluding hydrogens is 246 g/mol. The maximum atomic E-state index is 7.43. The predicted octanol–water partition coefficient (Wildman–Crippen LogP) is 3.44. The highest BCUT2D eigenvalue weighted by molar-refractivity contribution is 6.31. The predicted molar refractivity (Wildman–Crippen MR) is 78.2 cm³/mol. The van der Waals surface area contributed by atoms with Gasteiger partial charge in [0.15, 0.2) is 0 Å². The van der Waals surface area contributed by atoms with Crippen molar-refractivity contribution >= 4 is 17.4 Å². The van der Waals surface area contributed by atoms with Crippen molar-refractivity contribution in [2.75, 3.05) is 7.05 Å². The van der Waals surface area contributed by atoms with E-state index < -0.39 is 0 Å². The van der Waals surface area contributed by atoms with E-state index in [0.29, 0.717) is 6.42 Å². The molecule has 2 unspecified atom stereocenters. The molecule has 3 nitrogen and oxygen atoms in total. The molecule has 0 aliphatic heterocycles. The van der Waals surface area contributed by atoms with E-state index in [1.165, 1.54) is 0 Å². The third-order valence-electron chi connectivity index (χ3n) is 3.47. The van der Waals surface area contributed by atoms with Crippen LogP contribution in [-0.2, 0) is 0 Å². The van der Waals surface area contributed by atoms with E-state index in [1.54, 1.807) is 0 Å². The van der Waals surface area contributed by atoms with Crippen molar-refractivity contribution in [3.8, 4) is 0 Å². The summed E-state index contributed by atoms with van der Waals surface area (Å²) in [7, 11) is 2.06. The Kier molecular flexibility index (Phi) is 5.63. The van der Waals surface area contributed by atoms with Crippen molar-refractivity contribution in [2.45, 2.75) is 38.8 Å². The lowest BCUT2D eigenvalue weighted by molar-refractivity contribution is 0.184. The third kappa shape index (κ3) is 3.72. The van der Waals surface area contributed by atoms with Crippen molar-refractivity contribution in [1.82, 2.24) is 4.90 Å². The highest BCUT2D eigenvalue weighted by Crippen LogP contribution is 2.28. The summed E-state index contributed by atoms with van der Waals surface area (Å²) >= 11 is 6.22. The molecular formula is C14H22ClN3. The fourth-order valence-corrected chi connectivity index (χ4v) is 2.47. The molecule has 0 heterocycles. The van der Waals surface area contributed by atoms with Crippen LogP contribution >= 0.6 is 11.6 Å². The number of halogens is 1. The van der Waals surface area contributed by atoms with Crippen molar-refractivity contribution in [1.29, 1.82) is 5.41 Å². The van der Waals surface area contributed by atoms with E-state index in [2.05, 4.69) is 25.8 Å². The van der Waals surface area contributed by atoms with E-state index in [4.69, 9.17) is 22.7 Å². The molecule has 0 saturated carbocycles. The molecule has 3 N–H and O–H groups in total. The molecule has 1 rings (SSSR count). The van der Waals surface area contributed by atoms with Crippen LogP contribution in [0.5, 0.6) is 0 Å². The molecule has 0 aliphatic carbocycles. The summed E-state index contributed by atoms with van der Waals surface area (Å²) in [5.41, 5.74) is 6.62. The summed E-state index contributed by atoms with van der Waals surface area (Å²) in [6.45, 7) is 4.24. The normalized spacial score (nSPS) is 14.5. The first-order chi connectivity index (χ1) is 8.47. The molecule has 0 radical (unpaired) electrons. The van der Waals surface area contributed by atoms with Crippen molar-refractivity contribution < 1.29 is 0 Å². The fraction of sp³-hybridized carbons (Fsp3) is 0.500. The van der Waals surface area contributed by atoms with Gasteiger partial charge in [0.05, 0.1) is 5.84 Å². The van der Waals surface area contributed by atoms with E-state index in [9.17, 15) is 0 Å². The number of nitrogens with two attached hydrogens (primary N) is 1. The van der Waals surface area contributed by atoms with Gasteiger partial charge in [-0.3, -0.25) is 10.3 Å². The number of nitrogens with zero attached hydrogens (tertiary/aromatic N) is 1. The molecule has 0 spiro atoms. The van der Waals surface area contributed by atoms with Gasteiger partial charge in [0.25, 0.3) is 0 Å². The maximum absolute atomic E-state index is 7.43. The average Bonchev–Trinajstić information content (AvgIpc) is 2.34. The molecule has 1 aromatic carbocycles. The van der Waals surface area contributed by atoms with Crippen LogP contribution in [0, 0.1) is 5.41 Å². The van der Waals surface area contributed by atoms with Gasteiger partial charge >= 0.3 is 0 Å². The molecule has 2 atom stereocenters. The number of benzene rings is 1. The molecule has 4 heteroatoms. The molecule has 0 bridgehead atoms. The van der Waals surface area contributed by atoms with Gasteiger partial charge < -0.3 is 5.73 Å². The van der Waals surface area contributed by atoms with Crippen molar-refractivity contribution in [3.05, 3.63) is 34.9 Å². The van der Waals surface area contributed by atoms with E-state index >= 15 is 0 Å². The molecule has 0 aliphatic rings. The van der Waals surface area contributed by atoms with Gasteiger partial charge in [-0.15, -0.1) is 0 Å². The number of hydrogen-bond donors (Lipinski definition) is 2. The van der Waals surface area contributed by atoms with Crippen molar-refractivity contribution in [2.24, 2.45) is 5.73 Å². The van der Waals surface area contributed by atoms with Crippen LogP contribution in [0.3, 0.4) is 0 Å². The smallest absolute Gasteiger partial charge is 0.0921 e. The van der Waals surface area contributed by atoms with Crippen molar-refractivity contribution in [3.63, 3.8) is 0 Å². The Hall–Kier alpha value is -1.06. The minimum absolute atomic E-state index is 0.211. The summed E-state index contributed by atoms with van der Waals surface area (Å²) in [5.74, 6) is 0.236. The molecule has 0 fully saturated rings. The Labute approximate surface area is 114 Å². The van der Waals surface area contributed by atoms with Crippen LogP contribution in [-0.4, -0.2) is 23.8 Å². The van der Waals surface area contributed by atoms with Gasteiger partial charge in [0, 0.05) is 23.5 Å². The second-order valence-electron chi connectivity index (χ2n) is 4.65. The monoisotopic (exact) mass is 267 g/mol. The van der Waals surface area contributed by atoms with Gasteiger partial charge in [-0.05, 0) is 32.0 Å². The summed E-state index contributed by atoms with van der Waals surface area (Å²) in [6.07, 6.45) is 1.56. The summed E-state index contributed by atoms with van der Waals surface area (Å²) in [4.78, 5) is 2.24. The average molecular weight is 268 g/mol. The minimum atomic E-state index is 0.211.